The molecule has 1 aliphatic rings. The normalized spacial score (nSPS) is 15.9. The number of carboxylic acids is 1. The van der Waals surface area contributed by atoms with Crippen molar-refractivity contribution < 1.29 is 19.8 Å². The zero-order valence-electron chi connectivity index (χ0n) is 12.0. The van der Waals surface area contributed by atoms with E-state index in [4.69, 9.17) is 5.11 Å². The molecule has 1 aromatic carbocycles. The van der Waals surface area contributed by atoms with Crippen LogP contribution in [0.25, 0.3) is 0 Å². The maximum atomic E-state index is 11.8. The number of fused-ring (bicyclic) bond motifs is 1. The number of carboxylic acid groups (broad SMARTS) is 1. The van der Waals surface area contributed by atoms with E-state index in [-0.39, 0.29) is 6.54 Å². The third-order valence-corrected chi connectivity index (χ3v) is 3.52. The zero-order chi connectivity index (χ0) is 15.5. The number of rotatable bonds is 5. The van der Waals surface area contributed by atoms with E-state index in [1.165, 1.54) is 18.1 Å². The van der Waals surface area contributed by atoms with E-state index in [0.717, 1.165) is 19.3 Å². The van der Waals surface area contributed by atoms with Gasteiger partial charge in [-0.3, -0.25) is 4.79 Å². The van der Waals surface area contributed by atoms with Crippen LogP contribution in [0.15, 0.2) is 18.2 Å². The molecule has 1 atom stereocenters. The Balaban J connectivity index is 1.86. The minimum absolute atomic E-state index is 0.129. The first-order valence-corrected chi connectivity index (χ1v) is 6.96. The van der Waals surface area contributed by atoms with Gasteiger partial charge in [-0.05, 0) is 49.4 Å². The molecule has 1 aromatic rings. The van der Waals surface area contributed by atoms with Crippen molar-refractivity contribution in [3.05, 3.63) is 29.3 Å². The second kappa shape index (κ2) is 6.13. The fraction of sp³-hybridized carbons (Fsp3) is 0.467. The Morgan fingerprint density at radius 3 is 2.71 bits per heavy atom. The Bertz CT molecular complexity index is 555. The van der Waals surface area contributed by atoms with Gasteiger partial charge in [-0.1, -0.05) is 6.07 Å². The number of amides is 2. The molecule has 0 bridgehead atoms. The molecule has 0 aromatic heterocycles. The number of carbonyl (C=O) groups excluding carboxylic acids is 1. The predicted molar refractivity (Wildman–Crippen MR) is 78.4 cm³/mol. The van der Waals surface area contributed by atoms with Crippen molar-refractivity contribution >= 4 is 17.7 Å². The molecule has 6 nitrogen and oxygen atoms in total. The summed E-state index contributed by atoms with van der Waals surface area (Å²) >= 11 is 0. The second-order valence-corrected chi connectivity index (χ2v) is 5.71. The second-order valence-electron chi connectivity index (χ2n) is 5.71. The molecule has 114 valence electrons. The van der Waals surface area contributed by atoms with Crippen molar-refractivity contribution in [2.24, 2.45) is 0 Å². The Hall–Kier alpha value is -2.08. The topological polar surface area (TPSA) is 98.7 Å². The van der Waals surface area contributed by atoms with Crippen LogP contribution in [0.5, 0.6) is 0 Å². The van der Waals surface area contributed by atoms with Crippen molar-refractivity contribution in [1.29, 1.82) is 0 Å². The lowest BCUT2D eigenvalue weighted by Gasteiger charge is -2.21. The first-order valence-electron chi connectivity index (χ1n) is 6.96. The third-order valence-electron chi connectivity index (χ3n) is 3.52. The average molecular weight is 292 g/mol. The summed E-state index contributed by atoms with van der Waals surface area (Å²) in [7, 11) is 0. The monoisotopic (exact) mass is 292 g/mol. The predicted octanol–water partition coefficient (Wildman–Crippen LogP) is 1.52. The summed E-state index contributed by atoms with van der Waals surface area (Å²) in [6.07, 6.45) is 2.83. The van der Waals surface area contributed by atoms with Gasteiger partial charge in [0.15, 0.2) is 0 Å². The fourth-order valence-corrected chi connectivity index (χ4v) is 2.48. The number of benzene rings is 1. The molecule has 0 aliphatic heterocycles. The Kier molecular flexibility index (Phi) is 4.47. The van der Waals surface area contributed by atoms with E-state index in [1.54, 1.807) is 0 Å². The van der Waals surface area contributed by atoms with E-state index in [2.05, 4.69) is 10.6 Å². The molecule has 4 N–H and O–H groups in total. The van der Waals surface area contributed by atoms with E-state index < -0.39 is 24.0 Å². The molecule has 2 rings (SSSR count). The summed E-state index contributed by atoms with van der Waals surface area (Å²) in [6.45, 7) is 1.24. The van der Waals surface area contributed by atoms with Gasteiger partial charge in [0.2, 0.25) is 0 Å². The van der Waals surface area contributed by atoms with Gasteiger partial charge in [0, 0.05) is 12.2 Å². The SMILES string of the molecule is CC(O)(CNC(=O)Nc1ccc2c(c1)CCC2)CC(=O)O. The van der Waals surface area contributed by atoms with Crippen molar-refractivity contribution in [2.45, 2.75) is 38.2 Å². The first kappa shape index (κ1) is 15.3. The Morgan fingerprint density at radius 2 is 2.00 bits per heavy atom. The number of aliphatic carboxylic acids is 1. The number of aliphatic hydroxyl groups is 1. The van der Waals surface area contributed by atoms with Gasteiger partial charge in [-0.25, -0.2) is 4.79 Å². The molecule has 0 heterocycles. The van der Waals surface area contributed by atoms with E-state index in [1.807, 2.05) is 18.2 Å². The van der Waals surface area contributed by atoms with Crippen LogP contribution >= 0.6 is 0 Å². The van der Waals surface area contributed by atoms with E-state index >= 15 is 0 Å². The van der Waals surface area contributed by atoms with Crippen LogP contribution in [0.3, 0.4) is 0 Å². The lowest BCUT2D eigenvalue weighted by molar-refractivity contribution is -0.141. The Morgan fingerprint density at radius 1 is 1.29 bits per heavy atom. The molecule has 0 saturated carbocycles. The molecule has 0 spiro atoms. The van der Waals surface area contributed by atoms with Crippen molar-refractivity contribution in [2.75, 3.05) is 11.9 Å². The standard InChI is InChI=1S/C15H20N2O4/c1-15(21,8-13(18)19)9-16-14(20)17-12-6-5-10-3-2-4-11(10)7-12/h5-7,21H,2-4,8-9H2,1H3,(H,18,19)(H2,16,17,20). The summed E-state index contributed by atoms with van der Waals surface area (Å²) in [5.74, 6) is -1.11. The highest BCUT2D eigenvalue weighted by atomic mass is 16.4. The number of aryl methyl sites for hydroxylation is 2. The number of anilines is 1. The van der Waals surface area contributed by atoms with E-state index in [9.17, 15) is 14.7 Å². The molecule has 1 aliphatic carbocycles. The first-order chi connectivity index (χ1) is 9.85. The summed E-state index contributed by atoms with van der Waals surface area (Å²) in [4.78, 5) is 22.3. The molecule has 2 amide bonds. The van der Waals surface area contributed by atoms with Crippen LogP contribution in [0.2, 0.25) is 0 Å². The van der Waals surface area contributed by atoms with Crippen LogP contribution in [0.1, 0.15) is 30.9 Å². The molecule has 0 saturated heterocycles. The van der Waals surface area contributed by atoms with Gasteiger partial charge in [0.05, 0.1) is 12.0 Å². The summed E-state index contributed by atoms with van der Waals surface area (Å²) in [5.41, 5.74) is 1.81. The fourth-order valence-electron chi connectivity index (χ4n) is 2.48. The highest BCUT2D eigenvalue weighted by Crippen LogP contribution is 2.24. The van der Waals surface area contributed by atoms with Gasteiger partial charge < -0.3 is 20.8 Å². The molecule has 0 fully saturated rings. The van der Waals surface area contributed by atoms with Crippen molar-refractivity contribution in [3.63, 3.8) is 0 Å². The summed E-state index contributed by atoms with van der Waals surface area (Å²) in [5, 5.41) is 23.6. The number of urea groups is 1. The van der Waals surface area contributed by atoms with Gasteiger partial charge in [-0.15, -0.1) is 0 Å². The lowest BCUT2D eigenvalue weighted by Crippen LogP contribution is -2.43. The minimum Gasteiger partial charge on any atom is -0.481 e. The van der Waals surface area contributed by atoms with Crippen LogP contribution in [-0.2, 0) is 17.6 Å². The van der Waals surface area contributed by atoms with Gasteiger partial charge in [0.1, 0.15) is 0 Å². The zero-order valence-corrected chi connectivity index (χ0v) is 12.0. The smallest absolute Gasteiger partial charge is 0.319 e. The number of hydrogen-bond donors (Lipinski definition) is 4. The molecule has 21 heavy (non-hydrogen) atoms. The van der Waals surface area contributed by atoms with Crippen LogP contribution in [0, 0.1) is 0 Å². The van der Waals surface area contributed by atoms with Crippen LogP contribution < -0.4 is 10.6 Å². The van der Waals surface area contributed by atoms with Gasteiger partial charge in [0.25, 0.3) is 0 Å². The number of carbonyl (C=O) groups is 2. The molecular formula is C15H20N2O4. The van der Waals surface area contributed by atoms with Crippen molar-refractivity contribution in [1.82, 2.24) is 5.32 Å². The summed E-state index contributed by atoms with van der Waals surface area (Å²) < 4.78 is 0. The van der Waals surface area contributed by atoms with Gasteiger partial charge >= 0.3 is 12.0 Å². The number of nitrogens with one attached hydrogen (secondary N) is 2. The average Bonchev–Trinajstić information content (AvgIpc) is 2.82. The van der Waals surface area contributed by atoms with Crippen LogP contribution in [-0.4, -0.2) is 34.4 Å². The van der Waals surface area contributed by atoms with Crippen molar-refractivity contribution in [3.8, 4) is 0 Å². The minimum atomic E-state index is -1.47. The molecule has 0 radical (unpaired) electrons. The highest BCUT2D eigenvalue weighted by Gasteiger charge is 2.24. The molecule has 6 heteroatoms. The molecule has 1 unspecified atom stereocenters. The number of hydrogen-bond acceptors (Lipinski definition) is 3. The van der Waals surface area contributed by atoms with Crippen LogP contribution in [0.4, 0.5) is 10.5 Å². The maximum Gasteiger partial charge on any atom is 0.319 e. The third kappa shape index (κ3) is 4.46. The molecular weight excluding hydrogens is 272 g/mol. The van der Waals surface area contributed by atoms with Gasteiger partial charge in [-0.2, -0.15) is 0 Å². The lowest BCUT2D eigenvalue weighted by atomic mass is 10.0. The van der Waals surface area contributed by atoms with E-state index in [0.29, 0.717) is 5.69 Å². The quantitative estimate of drug-likeness (QED) is 0.661. The summed E-state index contributed by atoms with van der Waals surface area (Å²) in [6, 6.07) is 5.35. The maximum absolute atomic E-state index is 11.8. The highest BCUT2D eigenvalue weighted by molar-refractivity contribution is 5.89. The largest absolute Gasteiger partial charge is 0.481 e. The Labute approximate surface area is 123 Å².